The molecule has 1 aliphatic heterocycles. The highest BCUT2D eigenvalue weighted by molar-refractivity contribution is 5.39. The summed E-state index contributed by atoms with van der Waals surface area (Å²) >= 11 is 0. The van der Waals surface area contributed by atoms with E-state index in [1.165, 1.54) is 43.6 Å². The third-order valence-corrected chi connectivity index (χ3v) is 4.41. The highest BCUT2D eigenvalue weighted by Crippen LogP contribution is 2.27. The molecular formula is C19H31NO. The van der Waals surface area contributed by atoms with Gasteiger partial charge in [0.05, 0.1) is 6.61 Å². The van der Waals surface area contributed by atoms with Crippen LogP contribution in [0.4, 0.5) is 0 Å². The predicted octanol–water partition coefficient (Wildman–Crippen LogP) is 4.62. The van der Waals surface area contributed by atoms with Crippen molar-refractivity contribution in [1.82, 2.24) is 4.90 Å². The minimum atomic E-state index is 0.517. The molecule has 0 radical (unpaired) electrons. The van der Waals surface area contributed by atoms with E-state index in [0.717, 1.165) is 24.7 Å². The van der Waals surface area contributed by atoms with Gasteiger partial charge in [0.1, 0.15) is 5.75 Å². The van der Waals surface area contributed by atoms with E-state index in [2.05, 4.69) is 50.8 Å². The second kappa shape index (κ2) is 7.84. The van der Waals surface area contributed by atoms with Gasteiger partial charge in [0.2, 0.25) is 0 Å². The maximum absolute atomic E-state index is 6.07. The van der Waals surface area contributed by atoms with E-state index in [9.17, 15) is 0 Å². The van der Waals surface area contributed by atoms with Crippen LogP contribution in [0.5, 0.6) is 5.75 Å². The molecule has 2 nitrogen and oxygen atoms in total. The number of ether oxygens (including phenoxy) is 1. The van der Waals surface area contributed by atoms with Crippen molar-refractivity contribution in [3.8, 4) is 5.75 Å². The zero-order valence-electron chi connectivity index (χ0n) is 14.2. The molecule has 0 bridgehead atoms. The van der Waals surface area contributed by atoms with Gasteiger partial charge in [0, 0.05) is 13.1 Å². The standard InChI is InChI=1S/C19H31NO/c1-15(2)18-9-8-16(3)13-19(18)21-12-6-11-20-10-5-7-17(4)14-20/h8-9,13,15,17H,5-7,10-12,14H2,1-4H3. The summed E-state index contributed by atoms with van der Waals surface area (Å²) in [5.74, 6) is 2.46. The Morgan fingerprint density at radius 1 is 1.33 bits per heavy atom. The van der Waals surface area contributed by atoms with E-state index in [4.69, 9.17) is 4.74 Å². The Bertz CT molecular complexity index is 441. The maximum atomic E-state index is 6.07. The lowest BCUT2D eigenvalue weighted by molar-refractivity contribution is 0.169. The first-order chi connectivity index (χ1) is 10.1. The molecule has 0 spiro atoms. The van der Waals surface area contributed by atoms with E-state index in [1.807, 2.05) is 0 Å². The van der Waals surface area contributed by atoms with Gasteiger partial charge >= 0.3 is 0 Å². The van der Waals surface area contributed by atoms with Crippen molar-refractivity contribution >= 4 is 0 Å². The Balaban J connectivity index is 1.79. The number of benzene rings is 1. The van der Waals surface area contributed by atoms with E-state index in [0.29, 0.717) is 5.92 Å². The number of likely N-dealkylation sites (tertiary alicyclic amines) is 1. The van der Waals surface area contributed by atoms with Crippen LogP contribution in [0.3, 0.4) is 0 Å². The van der Waals surface area contributed by atoms with Crippen LogP contribution in [0.1, 0.15) is 57.1 Å². The van der Waals surface area contributed by atoms with Gasteiger partial charge in [-0.25, -0.2) is 0 Å². The highest BCUT2D eigenvalue weighted by Gasteiger charge is 2.15. The van der Waals surface area contributed by atoms with Gasteiger partial charge in [-0.2, -0.15) is 0 Å². The molecule has 1 fully saturated rings. The number of rotatable bonds is 6. The number of aryl methyl sites for hydroxylation is 1. The van der Waals surface area contributed by atoms with Gasteiger partial charge in [-0.3, -0.25) is 0 Å². The molecule has 118 valence electrons. The molecule has 1 aliphatic rings. The zero-order valence-corrected chi connectivity index (χ0v) is 14.2. The molecule has 1 aromatic rings. The van der Waals surface area contributed by atoms with E-state index >= 15 is 0 Å². The second-order valence-corrected chi connectivity index (χ2v) is 6.95. The Labute approximate surface area is 130 Å². The van der Waals surface area contributed by atoms with Crippen LogP contribution < -0.4 is 4.74 Å². The first kappa shape index (κ1) is 16.4. The molecule has 0 N–H and O–H groups in total. The van der Waals surface area contributed by atoms with Crippen LogP contribution in [-0.4, -0.2) is 31.1 Å². The van der Waals surface area contributed by atoms with E-state index in [-0.39, 0.29) is 0 Å². The minimum Gasteiger partial charge on any atom is -0.493 e. The van der Waals surface area contributed by atoms with Crippen molar-refractivity contribution < 1.29 is 4.74 Å². The van der Waals surface area contributed by atoms with E-state index < -0.39 is 0 Å². The Morgan fingerprint density at radius 2 is 2.14 bits per heavy atom. The summed E-state index contributed by atoms with van der Waals surface area (Å²) in [4.78, 5) is 2.59. The normalized spacial score (nSPS) is 20.0. The van der Waals surface area contributed by atoms with Crippen molar-refractivity contribution in [3.05, 3.63) is 29.3 Å². The Hall–Kier alpha value is -1.02. The monoisotopic (exact) mass is 289 g/mol. The molecule has 2 heteroatoms. The number of hydrogen-bond donors (Lipinski definition) is 0. The quantitative estimate of drug-likeness (QED) is 0.709. The topological polar surface area (TPSA) is 12.5 Å². The summed E-state index contributed by atoms with van der Waals surface area (Å²) in [5.41, 5.74) is 2.60. The van der Waals surface area contributed by atoms with Gasteiger partial charge in [0.25, 0.3) is 0 Å². The van der Waals surface area contributed by atoms with Crippen LogP contribution in [0.2, 0.25) is 0 Å². The van der Waals surface area contributed by atoms with Crippen molar-refractivity contribution in [3.63, 3.8) is 0 Å². The van der Waals surface area contributed by atoms with Crippen LogP contribution >= 0.6 is 0 Å². The largest absolute Gasteiger partial charge is 0.493 e. The lowest BCUT2D eigenvalue weighted by atomic mass is 10.0. The van der Waals surface area contributed by atoms with Gasteiger partial charge in [-0.15, -0.1) is 0 Å². The van der Waals surface area contributed by atoms with Gasteiger partial charge in [-0.1, -0.05) is 32.9 Å². The summed E-state index contributed by atoms with van der Waals surface area (Å²) in [5, 5.41) is 0. The molecule has 1 atom stereocenters. The van der Waals surface area contributed by atoms with Gasteiger partial charge in [0.15, 0.2) is 0 Å². The summed E-state index contributed by atoms with van der Waals surface area (Å²) < 4.78 is 6.07. The first-order valence-electron chi connectivity index (χ1n) is 8.52. The lowest BCUT2D eigenvalue weighted by Gasteiger charge is -2.30. The molecule has 0 aromatic heterocycles. The lowest BCUT2D eigenvalue weighted by Crippen LogP contribution is -2.35. The van der Waals surface area contributed by atoms with Crippen LogP contribution in [0, 0.1) is 12.8 Å². The first-order valence-corrected chi connectivity index (χ1v) is 8.52. The SMILES string of the molecule is Cc1ccc(C(C)C)c(OCCCN2CCCC(C)C2)c1. The maximum Gasteiger partial charge on any atom is 0.122 e. The number of nitrogens with zero attached hydrogens (tertiary/aromatic N) is 1. The average Bonchev–Trinajstić information content (AvgIpc) is 2.43. The highest BCUT2D eigenvalue weighted by atomic mass is 16.5. The smallest absolute Gasteiger partial charge is 0.122 e. The summed E-state index contributed by atoms with van der Waals surface area (Å²) in [6.07, 6.45) is 3.88. The van der Waals surface area contributed by atoms with Crippen molar-refractivity contribution in [2.75, 3.05) is 26.2 Å². The van der Waals surface area contributed by atoms with Gasteiger partial charge in [-0.05, 0) is 61.8 Å². The average molecular weight is 289 g/mol. The molecule has 0 aliphatic carbocycles. The Kier molecular flexibility index (Phi) is 6.10. The molecule has 1 saturated heterocycles. The van der Waals surface area contributed by atoms with Crippen LogP contribution in [0.25, 0.3) is 0 Å². The zero-order chi connectivity index (χ0) is 15.2. The molecule has 0 saturated carbocycles. The third kappa shape index (κ3) is 5.03. The van der Waals surface area contributed by atoms with Crippen LogP contribution in [-0.2, 0) is 0 Å². The summed E-state index contributed by atoms with van der Waals surface area (Å²) in [6.45, 7) is 13.5. The fourth-order valence-corrected chi connectivity index (χ4v) is 3.20. The number of hydrogen-bond acceptors (Lipinski definition) is 2. The fraction of sp³-hybridized carbons (Fsp3) is 0.684. The Morgan fingerprint density at radius 3 is 2.86 bits per heavy atom. The fourth-order valence-electron chi connectivity index (χ4n) is 3.20. The molecule has 1 unspecified atom stereocenters. The van der Waals surface area contributed by atoms with Crippen molar-refractivity contribution in [2.45, 2.75) is 52.9 Å². The molecular weight excluding hydrogens is 258 g/mol. The second-order valence-electron chi connectivity index (χ2n) is 6.95. The van der Waals surface area contributed by atoms with Gasteiger partial charge < -0.3 is 9.64 Å². The predicted molar refractivity (Wildman–Crippen MR) is 90.2 cm³/mol. The molecule has 1 aromatic carbocycles. The molecule has 2 rings (SSSR count). The summed E-state index contributed by atoms with van der Waals surface area (Å²) in [7, 11) is 0. The van der Waals surface area contributed by atoms with Crippen LogP contribution in [0.15, 0.2) is 18.2 Å². The molecule has 0 amide bonds. The van der Waals surface area contributed by atoms with Crippen molar-refractivity contribution in [2.24, 2.45) is 5.92 Å². The summed E-state index contributed by atoms with van der Waals surface area (Å²) in [6, 6.07) is 6.57. The van der Waals surface area contributed by atoms with Crippen molar-refractivity contribution in [1.29, 1.82) is 0 Å². The molecule has 21 heavy (non-hydrogen) atoms. The molecule has 1 heterocycles. The third-order valence-electron chi connectivity index (χ3n) is 4.41. The number of piperidine rings is 1. The van der Waals surface area contributed by atoms with E-state index in [1.54, 1.807) is 0 Å². The minimum absolute atomic E-state index is 0.517.